The molecule has 2 aromatic heterocycles. The van der Waals surface area contributed by atoms with E-state index in [1.54, 1.807) is 18.3 Å². The molecule has 5 nitrogen and oxygen atoms in total. The third-order valence-corrected chi connectivity index (χ3v) is 5.65. The number of amides is 1. The summed E-state index contributed by atoms with van der Waals surface area (Å²) in [5.41, 5.74) is 0.354. The molecule has 4 atom stereocenters. The second-order valence-corrected chi connectivity index (χ2v) is 7.01. The monoisotopic (exact) mass is 311 g/mol. The van der Waals surface area contributed by atoms with Crippen molar-refractivity contribution in [1.82, 2.24) is 14.7 Å². The van der Waals surface area contributed by atoms with E-state index in [9.17, 15) is 9.59 Å². The number of fused-ring (bicyclic) bond motifs is 3. The van der Waals surface area contributed by atoms with Gasteiger partial charge in [-0.3, -0.25) is 14.0 Å². The zero-order valence-corrected chi connectivity index (χ0v) is 13.2. The Balaban J connectivity index is 1.55. The fourth-order valence-corrected chi connectivity index (χ4v) is 4.48. The molecule has 2 aliphatic carbocycles. The molecule has 2 aromatic rings. The highest BCUT2D eigenvalue weighted by Gasteiger charge is 2.42. The first-order chi connectivity index (χ1) is 11.1. The quantitative estimate of drug-likeness (QED) is 0.945. The van der Waals surface area contributed by atoms with Crippen molar-refractivity contribution < 1.29 is 4.79 Å². The van der Waals surface area contributed by atoms with Crippen LogP contribution in [0.4, 0.5) is 0 Å². The van der Waals surface area contributed by atoms with Gasteiger partial charge in [0.2, 0.25) is 0 Å². The van der Waals surface area contributed by atoms with Crippen molar-refractivity contribution in [3.63, 3.8) is 0 Å². The Morgan fingerprint density at radius 3 is 2.96 bits per heavy atom. The van der Waals surface area contributed by atoms with Crippen molar-refractivity contribution in [3.05, 3.63) is 46.5 Å². The Bertz CT molecular complexity index is 813. The number of hydrogen-bond donors (Lipinski definition) is 1. The summed E-state index contributed by atoms with van der Waals surface area (Å²) in [6, 6.07) is 5.43. The van der Waals surface area contributed by atoms with Crippen molar-refractivity contribution >= 4 is 11.6 Å². The number of aromatic nitrogens is 2. The van der Waals surface area contributed by atoms with Crippen LogP contribution >= 0.6 is 0 Å². The molecule has 4 rings (SSSR count). The molecule has 0 spiro atoms. The van der Waals surface area contributed by atoms with Gasteiger partial charge in [0.15, 0.2) is 0 Å². The van der Waals surface area contributed by atoms with Crippen LogP contribution in [0.5, 0.6) is 0 Å². The molecule has 120 valence electrons. The van der Waals surface area contributed by atoms with E-state index in [0.717, 1.165) is 11.8 Å². The second kappa shape index (κ2) is 5.48. The highest BCUT2D eigenvalue weighted by molar-refractivity contribution is 5.93. The summed E-state index contributed by atoms with van der Waals surface area (Å²) >= 11 is 0. The van der Waals surface area contributed by atoms with E-state index >= 15 is 0 Å². The van der Waals surface area contributed by atoms with Crippen LogP contribution in [0.1, 0.15) is 43.0 Å². The number of pyridine rings is 1. The van der Waals surface area contributed by atoms with Gasteiger partial charge in [-0.15, -0.1) is 0 Å². The smallest absolute Gasteiger partial charge is 0.270 e. The summed E-state index contributed by atoms with van der Waals surface area (Å²) in [5, 5.41) is 3.04. The van der Waals surface area contributed by atoms with Gasteiger partial charge in [0, 0.05) is 18.4 Å². The van der Waals surface area contributed by atoms with E-state index in [1.165, 1.54) is 36.3 Å². The molecule has 23 heavy (non-hydrogen) atoms. The number of nitrogens with zero attached hydrogens (tertiary/aromatic N) is 2. The maximum atomic E-state index is 12.5. The average molecular weight is 311 g/mol. The van der Waals surface area contributed by atoms with Gasteiger partial charge in [0.25, 0.3) is 11.5 Å². The summed E-state index contributed by atoms with van der Waals surface area (Å²) < 4.78 is 1.41. The van der Waals surface area contributed by atoms with Crippen molar-refractivity contribution in [2.45, 2.75) is 38.6 Å². The molecule has 2 aliphatic rings. The van der Waals surface area contributed by atoms with Crippen LogP contribution in [0.2, 0.25) is 0 Å². The number of carbonyl (C=O) groups excluding carboxylic acids is 1. The topological polar surface area (TPSA) is 63.5 Å². The van der Waals surface area contributed by atoms with Gasteiger partial charge in [-0.2, -0.15) is 0 Å². The lowest BCUT2D eigenvalue weighted by Crippen LogP contribution is -2.42. The molecular formula is C18H21N3O2. The van der Waals surface area contributed by atoms with E-state index in [1.807, 2.05) is 6.07 Å². The van der Waals surface area contributed by atoms with E-state index in [0.29, 0.717) is 11.6 Å². The van der Waals surface area contributed by atoms with Crippen LogP contribution < -0.4 is 10.9 Å². The minimum absolute atomic E-state index is 0.105. The summed E-state index contributed by atoms with van der Waals surface area (Å²) in [6.07, 6.45) is 8.18. The van der Waals surface area contributed by atoms with Crippen LogP contribution in [0, 0.1) is 17.8 Å². The van der Waals surface area contributed by atoms with Gasteiger partial charge in [-0.1, -0.05) is 12.5 Å². The van der Waals surface area contributed by atoms with Crippen LogP contribution in [0.25, 0.3) is 5.65 Å². The Labute approximate surface area is 134 Å². The number of carbonyl (C=O) groups is 1. The molecule has 1 N–H and O–H groups in total. The Morgan fingerprint density at radius 1 is 1.35 bits per heavy atom. The maximum absolute atomic E-state index is 12.5. The van der Waals surface area contributed by atoms with Crippen LogP contribution in [-0.2, 0) is 0 Å². The number of nitrogens with one attached hydrogen (secondary N) is 1. The zero-order chi connectivity index (χ0) is 16.0. The number of rotatable bonds is 3. The molecule has 2 heterocycles. The Hall–Kier alpha value is -2.17. The normalized spacial score (nSPS) is 27.3. The van der Waals surface area contributed by atoms with Crippen molar-refractivity contribution in [2.24, 2.45) is 17.8 Å². The summed E-state index contributed by atoms with van der Waals surface area (Å²) in [4.78, 5) is 29.2. The van der Waals surface area contributed by atoms with Crippen molar-refractivity contribution in [1.29, 1.82) is 0 Å². The predicted octanol–water partition coefficient (Wildman–Crippen LogP) is 2.25. The largest absolute Gasteiger partial charge is 0.349 e. The van der Waals surface area contributed by atoms with Gasteiger partial charge in [0.1, 0.15) is 11.2 Å². The number of hydrogen-bond acceptors (Lipinski definition) is 3. The highest BCUT2D eigenvalue weighted by Crippen LogP contribution is 2.49. The van der Waals surface area contributed by atoms with Crippen molar-refractivity contribution in [2.75, 3.05) is 0 Å². The fourth-order valence-electron chi connectivity index (χ4n) is 4.48. The van der Waals surface area contributed by atoms with Crippen molar-refractivity contribution in [3.8, 4) is 0 Å². The first-order valence-electron chi connectivity index (χ1n) is 8.40. The molecule has 2 fully saturated rings. The lowest BCUT2D eigenvalue weighted by molar-refractivity contribution is 0.0913. The maximum Gasteiger partial charge on any atom is 0.270 e. The molecule has 2 saturated carbocycles. The van der Waals surface area contributed by atoms with E-state index in [-0.39, 0.29) is 23.1 Å². The van der Waals surface area contributed by atoms with E-state index < -0.39 is 0 Å². The SMILES string of the molecule is C[C@@H](NC(=O)c1cnc2ccccn2c1=O)[C@@H]1C[C@H]2CC[C@H]1C2. The third kappa shape index (κ3) is 2.44. The lowest BCUT2D eigenvalue weighted by Gasteiger charge is -2.28. The zero-order valence-electron chi connectivity index (χ0n) is 13.2. The molecule has 2 bridgehead atoms. The third-order valence-electron chi connectivity index (χ3n) is 5.65. The average Bonchev–Trinajstić information content (AvgIpc) is 3.18. The molecule has 0 saturated heterocycles. The second-order valence-electron chi connectivity index (χ2n) is 7.01. The van der Waals surface area contributed by atoms with Gasteiger partial charge < -0.3 is 5.32 Å². The van der Waals surface area contributed by atoms with E-state index in [4.69, 9.17) is 0 Å². The summed E-state index contributed by atoms with van der Waals surface area (Å²) in [6.45, 7) is 2.06. The van der Waals surface area contributed by atoms with E-state index in [2.05, 4.69) is 17.2 Å². The van der Waals surface area contributed by atoms with Gasteiger partial charge >= 0.3 is 0 Å². The summed E-state index contributed by atoms with van der Waals surface area (Å²) in [7, 11) is 0. The standard InChI is InChI=1S/C18H21N3O2/c1-11(14-9-12-5-6-13(14)8-12)20-17(22)15-10-19-16-4-2-3-7-21(16)18(15)23/h2-4,7,10-14H,5-6,8-9H2,1H3,(H,20,22)/t11-,12+,13+,14+/m1/s1. The molecule has 1 amide bonds. The predicted molar refractivity (Wildman–Crippen MR) is 87.3 cm³/mol. The Kier molecular flexibility index (Phi) is 3.43. The molecule has 0 aromatic carbocycles. The van der Waals surface area contributed by atoms with Crippen LogP contribution in [0.3, 0.4) is 0 Å². The molecule has 0 radical (unpaired) electrons. The molecule has 0 aliphatic heterocycles. The lowest BCUT2D eigenvalue weighted by atomic mass is 9.84. The van der Waals surface area contributed by atoms with Crippen LogP contribution in [-0.4, -0.2) is 21.3 Å². The fraction of sp³-hybridized carbons (Fsp3) is 0.500. The first-order valence-corrected chi connectivity index (χ1v) is 8.40. The minimum atomic E-state index is -0.312. The van der Waals surface area contributed by atoms with Gasteiger partial charge in [-0.05, 0) is 56.1 Å². The van der Waals surface area contributed by atoms with Gasteiger partial charge in [-0.25, -0.2) is 4.98 Å². The Morgan fingerprint density at radius 2 is 2.22 bits per heavy atom. The minimum Gasteiger partial charge on any atom is -0.349 e. The first kappa shape index (κ1) is 14.4. The highest BCUT2D eigenvalue weighted by atomic mass is 16.2. The van der Waals surface area contributed by atoms with Crippen LogP contribution in [0.15, 0.2) is 35.4 Å². The molecule has 5 heteroatoms. The summed E-state index contributed by atoms with van der Waals surface area (Å²) in [5.74, 6) is 1.83. The van der Waals surface area contributed by atoms with Gasteiger partial charge in [0.05, 0.1) is 0 Å². The molecule has 0 unspecified atom stereocenters. The molecular weight excluding hydrogens is 290 g/mol.